The SMILES string of the molecule is CCc1cc(CNC)cc(N(CC2CC2)CC2CC2)n1. The standard InChI is InChI=1S/C17H27N3/c1-3-16-8-15(10-18-2)9-17(19-16)20(11-13-4-5-13)12-14-6-7-14/h8-9,13-14,18H,3-7,10-12H2,1-2H3. The first-order valence-corrected chi connectivity index (χ1v) is 8.18. The average Bonchev–Trinajstić information content (AvgIpc) is 3.33. The lowest BCUT2D eigenvalue weighted by Crippen LogP contribution is -2.29. The van der Waals surface area contributed by atoms with Gasteiger partial charge in [-0.3, -0.25) is 0 Å². The van der Waals surface area contributed by atoms with Crippen LogP contribution in [0.3, 0.4) is 0 Å². The van der Waals surface area contributed by atoms with Crippen molar-refractivity contribution in [3.8, 4) is 0 Å². The summed E-state index contributed by atoms with van der Waals surface area (Å²) in [6.45, 7) is 5.57. The van der Waals surface area contributed by atoms with Crippen LogP contribution in [0.4, 0.5) is 5.82 Å². The van der Waals surface area contributed by atoms with Gasteiger partial charge >= 0.3 is 0 Å². The summed E-state index contributed by atoms with van der Waals surface area (Å²) >= 11 is 0. The molecule has 0 unspecified atom stereocenters. The summed E-state index contributed by atoms with van der Waals surface area (Å²) in [6.07, 6.45) is 6.68. The molecule has 0 radical (unpaired) electrons. The van der Waals surface area contributed by atoms with Gasteiger partial charge in [0.15, 0.2) is 0 Å². The van der Waals surface area contributed by atoms with Crippen LogP contribution >= 0.6 is 0 Å². The lowest BCUT2D eigenvalue weighted by Gasteiger charge is -2.25. The molecule has 0 aliphatic heterocycles. The number of hydrogen-bond donors (Lipinski definition) is 1. The molecule has 1 N–H and O–H groups in total. The van der Waals surface area contributed by atoms with Crippen molar-refractivity contribution < 1.29 is 0 Å². The van der Waals surface area contributed by atoms with Gasteiger partial charge in [-0.05, 0) is 68.7 Å². The average molecular weight is 273 g/mol. The zero-order chi connectivity index (χ0) is 13.9. The fourth-order valence-electron chi connectivity index (χ4n) is 2.77. The molecule has 2 fully saturated rings. The number of aryl methyl sites for hydroxylation is 1. The number of hydrogen-bond acceptors (Lipinski definition) is 3. The van der Waals surface area contributed by atoms with Gasteiger partial charge in [0.25, 0.3) is 0 Å². The number of nitrogens with one attached hydrogen (secondary N) is 1. The molecule has 3 heteroatoms. The minimum atomic E-state index is 0.925. The Morgan fingerprint density at radius 1 is 1.15 bits per heavy atom. The molecule has 0 amide bonds. The second-order valence-electron chi connectivity index (χ2n) is 6.50. The molecule has 20 heavy (non-hydrogen) atoms. The number of aromatic nitrogens is 1. The van der Waals surface area contributed by atoms with E-state index in [-0.39, 0.29) is 0 Å². The van der Waals surface area contributed by atoms with Crippen molar-refractivity contribution in [3.63, 3.8) is 0 Å². The molecule has 3 rings (SSSR count). The van der Waals surface area contributed by atoms with Gasteiger partial charge < -0.3 is 10.2 Å². The third kappa shape index (κ3) is 3.72. The second kappa shape index (κ2) is 6.13. The quantitative estimate of drug-likeness (QED) is 0.789. The lowest BCUT2D eigenvalue weighted by atomic mass is 10.1. The largest absolute Gasteiger partial charge is 0.356 e. The molecule has 1 aromatic heterocycles. The van der Waals surface area contributed by atoms with Crippen molar-refractivity contribution in [2.45, 2.75) is 45.6 Å². The van der Waals surface area contributed by atoms with Crippen LogP contribution in [0.25, 0.3) is 0 Å². The summed E-state index contributed by atoms with van der Waals surface area (Å²) in [4.78, 5) is 7.46. The third-order valence-corrected chi connectivity index (χ3v) is 4.34. The van der Waals surface area contributed by atoms with Crippen LogP contribution in [0.1, 0.15) is 43.9 Å². The fraction of sp³-hybridized carbons (Fsp3) is 0.706. The predicted molar refractivity (Wildman–Crippen MR) is 84.0 cm³/mol. The molecular formula is C17H27N3. The Morgan fingerprint density at radius 2 is 1.80 bits per heavy atom. The molecule has 0 saturated heterocycles. The molecule has 0 bridgehead atoms. The van der Waals surface area contributed by atoms with Gasteiger partial charge in [0.05, 0.1) is 0 Å². The number of anilines is 1. The van der Waals surface area contributed by atoms with Crippen molar-refractivity contribution in [1.82, 2.24) is 10.3 Å². The maximum Gasteiger partial charge on any atom is 0.129 e. The summed E-state index contributed by atoms with van der Waals surface area (Å²) in [5.41, 5.74) is 2.59. The van der Waals surface area contributed by atoms with Gasteiger partial charge in [0.2, 0.25) is 0 Å². The zero-order valence-corrected chi connectivity index (χ0v) is 12.9. The van der Waals surface area contributed by atoms with E-state index in [1.807, 2.05) is 7.05 Å². The molecule has 2 aliphatic carbocycles. The first kappa shape index (κ1) is 13.9. The van der Waals surface area contributed by atoms with E-state index in [9.17, 15) is 0 Å². The zero-order valence-electron chi connectivity index (χ0n) is 12.9. The summed E-state index contributed by atoms with van der Waals surface area (Å²) < 4.78 is 0. The summed E-state index contributed by atoms with van der Waals surface area (Å²) in [5.74, 6) is 3.07. The smallest absolute Gasteiger partial charge is 0.129 e. The maximum absolute atomic E-state index is 4.89. The number of pyridine rings is 1. The monoisotopic (exact) mass is 273 g/mol. The molecule has 1 heterocycles. The molecule has 2 saturated carbocycles. The third-order valence-electron chi connectivity index (χ3n) is 4.34. The van der Waals surface area contributed by atoms with E-state index in [1.54, 1.807) is 0 Å². The summed E-state index contributed by atoms with van der Waals surface area (Å²) in [6, 6.07) is 4.53. The van der Waals surface area contributed by atoms with Crippen LogP contribution < -0.4 is 10.2 Å². The summed E-state index contributed by atoms with van der Waals surface area (Å²) in [7, 11) is 2.01. The van der Waals surface area contributed by atoms with Gasteiger partial charge in [0.1, 0.15) is 5.82 Å². The van der Waals surface area contributed by atoms with Gasteiger partial charge in [-0.15, -0.1) is 0 Å². The Bertz CT molecular complexity index is 436. The van der Waals surface area contributed by atoms with Gasteiger partial charge in [0, 0.05) is 25.3 Å². The lowest BCUT2D eigenvalue weighted by molar-refractivity contribution is 0.668. The van der Waals surface area contributed by atoms with E-state index in [4.69, 9.17) is 4.98 Å². The van der Waals surface area contributed by atoms with E-state index in [0.717, 1.165) is 24.8 Å². The van der Waals surface area contributed by atoms with Gasteiger partial charge in [-0.25, -0.2) is 4.98 Å². The van der Waals surface area contributed by atoms with Crippen LogP contribution in [0.2, 0.25) is 0 Å². The van der Waals surface area contributed by atoms with E-state index >= 15 is 0 Å². The minimum absolute atomic E-state index is 0.925. The van der Waals surface area contributed by atoms with Crippen molar-refractivity contribution in [3.05, 3.63) is 23.4 Å². The van der Waals surface area contributed by atoms with Crippen molar-refractivity contribution in [1.29, 1.82) is 0 Å². The number of nitrogens with zero attached hydrogens (tertiary/aromatic N) is 2. The van der Waals surface area contributed by atoms with Crippen LogP contribution in [-0.4, -0.2) is 25.1 Å². The van der Waals surface area contributed by atoms with E-state index in [0.29, 0.717) is 0 Å². The predicted octanol–water partition coefficient (Wildman–Crippen LogP) is 2.99. The molecule has 3 nitrogen and oxygen atoms in total. The molecule has 110 valence electrons. The van der Waals surface area contributed by atoms with Crippen LogP contribution in [-0.2, 0) is 13.0 Å². The fourth-order valence-corrected chi connectivity index (χ4v) is 2.77. The highest BCUT2D eigenvalue weighted by Crippen LogP contribution is 2.35. The Hall–Kier alpha value is -1.09. The van der Waals surface area contributed by atoms with Gasteiger partial charge in [-0.1, -0.05) is 6.92 Å². The first-order valence-electron chi connectivity index (χ1n) is 8.18. The second-order valence-corrected chi connectivity index (χ2v) is 6.50. The Labute approximate surface area is 122 Å². The van der Waals surface area contributed by atoms with E-state index < -0.39 is 0 Å². The highest BCUT2D eigenvalue weighted by molar-refractivity contribution is 5.43. The maximum atomic E-state index is 4.89. The highest BCUT2D eigenvalue weighted by Gasteiger charge is 2.30. The molecule has 0 aromatic carbocycles. The molecule has 1 aromatic rings. The van der Waals surface area contributed by atoms with Gasteiger partial charge in [-0.2, -0.15) is 0 Å². The Balaban J connectivity index is 1.80. The normalized spacial score (nSPS) is 18.3. The summed E-state index contributed by atoms with van der Waals surface area (Å²) in [5, 5.41) is 3.26. The molecule has 0 spiro atoms. The molecule has 0 atom stereocenters. The molecule has 2 aliphatic rings. The Morgan fingerprint density at radius 3 is 2.30 bits per heavy atom. The number of rotatable bonds is 8. The van der Waals surface area contributed by atoms with E-state index in [2.05, 4.69) is 29.3 Å². The van der Waals surface area contributed by atoms with Crippen LogP contribution in [0.15, 0.2) is 12.1 Å². The first-order chi connectivity index (χ1) is 9.78. The van der Waals surface area contributed by atoms with Crippen LogP contribution in [0.5, 0.6) is 0 Å². The highest BCUT2D eigenvalue weighted by atomic mass is 15.2. The van der Waals surface area contributed by atoms with Crippen molar-refractivity contribution >= 4 is 5.82 Å². The van der Waals surface area contributed by atoms with Crippen molar-refractivity contribution in [2.24, 2.45) is 11.8 Å². The molecular weight excluding hydrogens is 246 g/mol. The topological polar surface area (TPSA) is 28.2 Å². The minimum Gasteiger partial charge on any atom is -0.356 e. The van der Waals surface area contributed by atoms with E-state index in [1.165, 1.54) is 55.8 Å². The Kier molecular flexibility index (Phi) is 4.25. The van der Waals surface area contributed by atoms with Crippen molar-refractivity contribution in [2.75, 3.05) is 25.0 Å². The van der Waals surface area contributed by atoms with Crippen LogP contribution in [0, 0.1) is 11.8 Å².